The van der Waals surface area contributed by atoms with Crippen LogP contribution in [-0.2, 0) is 14.6 Å². The van der Waals surface area contributed by atoms with Crippen molar-refractivity contribution in [2.24, 2.45) is 4.99 Å². The van der Waals surface area contributed by atoms with Gasteiger partial charge in [-0.2, -0.15) is 4.68 Å². The molecule has 3 aromatic carbocycles. The van der Waals surface area contributed by atoms with Crippen molar-refractivity contribution in [3.05, 3.63) is 89.5 Å². The zero-order chi connectivity index (χ0) is 25.1. The highest BCUT2D eigenvalue weighted by Gasteiger charge is 2.31. The highest BCUT2D eigenvalue weighted by Crippen LogP contribution is 2.27. The minimum absolute atomic E-state index is 0.248. The second-order valence-corrected chi connectivity index (χ2v) is 11.0. The molecule has 1 fully saturated rings. The molecule has 2 heterocycles. The van der Waals surface area contributed by atoms with Gasteiger partial charge in [-0.25, -0.2) is 8.42 Å². The van der Waals surface area contributed by atoms with Crippen molar-refractivity contribution in [2.45, 2.75) is 24.8 Å². The summed E-state index contributed by atoms with van der Waals surface area (Å²) in [6.07, 6.45) is 0. The Labute approximate surface area is 211 Å². The summed E-state index contributed by atoms with van der Waals surface area (Å²) in [4.78, 5) is 7.28. The number of rotatable bonds is 6. The molecule has 1 atom stereocenters. The molecule has 5 rings (SSSR count). The summed E-state index contributed by atoms with van der Waals surface area (Å²) >= 11 is 0. The number of hydrogen-bond acceptors (Lipinski definition) is 7. The Morgan fingerprint density at radius 2 is 1.58 bits per heavy atom. The second kappa shape index (κ2) is 10.3. The quantitative estimate of drug-likeness (QED) is 0.294. The van der Waals surface area contributed by atoms with Crippen molar-refractivity contribution < 1.29 is 13.2 Å². The van der Waals surface area contributed by atoms with Gasteiger partial charge in [0, 0.05) is 13.1 Å². The van der Waals surface area contributed by atoms with E-state index >= 15 is 0 Å². The molecule has 1 aliphatic heterocycles. The van der Waals surface area contributed by atoms with Crippen LogP contribution >= 0.6 is 0 Å². The molecule has 0 N–H and O–H groups in total. The smallest absolute Gasteiger partial charge is 0.198 e. The Hall–Kier alpha value is -3.40. The summed E-state index contributed by atoms with van der Waals surface area (Å²) in [5, 5.41) is 8.75. The van der Waals surface area contributed by atoms with E-state index in [-0.39, 0.29) is 10.9 Å². The summed E-state index contributed by atoms with van der Waals surface area (Å²) in [7, 11) is -3.66. The van der Waals surface area contributed by atoms with Crippen LogP contribution in [0.5, 0.6) is 0 Å². The molecule has 0 spiro atoms. The fourth-order valence-electron chi connectivity index (χ4n) is 4.39. The van der Waals surface area contributed by atoms with E-state index in [1.165, 1.54) is 0 Å². The first-order valence-corrected chi connectivity index (χ1v) is 13.6. The molecule has 8 nitrogen and oxygen atoms in total. The predicted octanol–water partition coefficient (Wildman–Crippen LogP) is 3.80. The number of sulfone groups is 1. The van der Waals surface area contributed by atoms with E-state index < -0.39 is 15.7 Å². The zero-order valence-electron chi connectivity index (χ0n) is 20.4. The van der Waals surface area contributed by atoms with Crippen LogP contribution in [0.1, 0.15) is 22.7 Å². The number of hydrogen-bond donors (Lipinski definition) is 0. The lowest BCUT2D eigenvalue weighted by Gasteiger charge is -2.35. The van der Waals surface area contributed by atoms with E-state index in [9.17, 15) is 8.42 Å². The molecule has 9 heteroatoms. The van der Waals surface area contributed by atoms with Gasteiger partial charge in [-0.1, -0.05) is 64.9 Å². The molecule has 0 amide bonds. The van der Waals surface area contributed by atoms with Crippen LogP contribution in [0, 0.1) is 13.8 Å². The number of aliphatic imine (C=N–C) groups is 1. The molecular formula is C27H29N5O3S. The van der Waals surface area contributed by atoms with Gasteiger partial charge < -0.3 is 4.74 Å². The van der Waals surface area contributed by atoms with Crippen LogP contribution in [0.4, 0.5) is 0 Å². The van der Waals surface area contributed by atoms with Crippen molar-refractivity contribution in [1.29, 1.82) is 0 Å². The van der Waals surface area contributed by atoms with Gasteiger partial charge in [-0.3, -0.25) is 9.89 Å². The third kappa shape index (κ3) is 5.09. The Bertz CT molecular complexity index is 1470. The molecule has 0 bridgehead atoms. The lowest BCUT2D eigenvalue weighted by Crippen LogP contribution is -2.44. The van der Waals surface area contributed by atoms with E-state index in [0.29, 0.717) is 32.1 Å². The maximum absolute atomic E-state index is 13.3. The monoisotopic (exact) mass is 503 g/mol. The minimum Gasteiger partial charge on any atom is -0.379 e. The third-order valence-electron chi connectivity index (χ3n) is 6.39. The number of morpholine rings is 1. The van der Waals surface area contributed by atoms with Crippen molar-refractivity contribution >= 4 is 26.7 Å². The highest BCUT2D eigenvalue weighted by atomic mass is 32.2. The van der Waals surface area contributed by atoms with Crippen LogP contribution in [0.3, 0.4) is 0 Å². The zero-order valence-corrected chi connectivity index (χ0v) is 21.2. The molecule has 0 aliphatic carbocycles. The number of nitrogens with zero attached hydrogens (tertiary/aromatic N) is 5. The Kier molecular flexibility index (Phi) is 6.95. The van der Waals surface area contributed by atoms with E-state index in [1.54, 1.807) is 28.9 Å². The van der Waals surface area contributed by atoms with E-state index in [2.05, 4.69) is 39.5 Å². The summed E-state index contributed by atoms with van der Waals surface area (Å²) in [6, 6.07) is 22.4. The van der Waals surface area contributed by atoms with Crippen LogP contribution in [0.25, 0.3) is 11.0 Å². The predicted molar refractivity (Wildman–Crippen MR) is 140 cm³/mol. The molecule has 36 heavy (non-hydrogen) atoms. The molecular weight excluding hydrogens is 474 g/mol. The van der Waals surface area contributed by atoms with Gasteiger partial charge in [0.1, 0.15) is 17.2 Å². The van der Waals surface area contributed by atoms with Crippen LogP contribution in [-0.4, -0.2) is 66.3 Å². The molecule has 0 saturated carbocycles. The second-order valence-electron chi connectivity index (χ2n) is 9.02. The normalized spacial score (nSPS) is 16.3. The van der Waals surface area contributed by atoms with Crippen molar-refractivity contribution in [2.75, 3.05) is 32.2 Å². The first kappa shape index (κ1) is 24.3. The molecule has 4 aromatic rings. The van der Waals surface area contributed by atoms with Gasteiger partial charge in [0.2, 0.25) is 0 Å². The number of aromatic nitrogens is 3. The number of fused-ring (bicyclic) bond motifs is 1. The Balaban J connectivity index is 1.65. The van der Waals surface area contributed by atoms with Crippen molar-refractivity contribution in [1.82, 2.24) is 19.9 Å². The average molecular weight is 504 g/mol. The first-order valence-electron chi connectivity index (χ1n) is 12.0. The number of aryl methyl sites for hydroxylation is 2. The van der Waals surface area contributed by atoms with Gasteiger partial charge in [0.05, 0.1) is 29.7 Å². The number of para-hydroxylation sites is 1. The van der Waals surface area contributed by atoms with Crippen LogP contribution < -0.4 is 0 Å². The fourth-order valence-corrected chi connectivity index (χ4v) is 5.39. The maximum Gasteiger partial charge on any atom is 0.198 e. The van der Waals surface area contributed by atoms with Crippen LogP contribution in [0.2, 0.25) is 0 Å². The van der Waals surface area contributed by atoms with Gasteiger partial charge in [-0.15, -0.1) is 5.10 Å². The van der Waals surface area contributed by atoms with Gasteiger partial charge in [0.15, 0.2) is 9.84 Å². The molecule has 1 unspecified atom stereocenters. The Morgan fingerprint density at radius 3 is 2.28 bits per heavy atom. The lowest BCUT2D eigenvalue weighted by molar-refractivity contribution is 0.0280. The van der Waals surface area contributed by atoms with Crippen LogP contribution in [0.15, 0.2) is 82.7 Å². The van der Waals surface area contributed by atoms with Crippen molar-refractivity contribution in [3.8, 4) is 0 Å². The third-order valence-corrected chi connectivity index (χ3v) is 7.85. The largest absolute Gasteiger partial charge is 0.379 e. The first-order chi connectivity index (χ1) is 17.4. The summed E-state index contributed by atoms with van der Waals surface area (Å²) in [5.74, 6) is 0.122. The molecule has 0 radical (unpaired) electrons. The maximum atomic E-state index is 13.3. The van der Waals surface area contributed by atoms with E-state index in [0.717, 1.165) is 27.7 Å². The van der Waals surface area contributed by atoms with Gasteiger partial charge in [0.25, 0.3) is 0 Å². The molecule has 1 aliphatic rings. The SMILES string of the molecule is Cc1ccc(C(/C(=N\CS(=O)(=O)c2ccc(C)cc2)n2nnc3ccccc32)N2CCOCC2)cc1. The Morgan fingerprint density at radius 1 is 0.944 bits per heavy atom. The molecule has 1 saturated heterocycles. The standard InChI is InChI=1S/C27H29N5O3S/c1-20-7-11-22(12-8-20)26(31-15-17-35-18-16-31)27(32-25-6-4-3-5-24(25)29-30-32)28-19-36(33,34)23-13-9-21(2)10-14-23/h3-14,26H,15-19H2,1-2H3/b28-27+. The lowest BCUT2D eigenvalue weighted by atomic mass is 10.0. The van der Waals surface area contributed by atoms with Gasteiger partial charge in [-0.05, 0) is 43.7 Å². The number of benzene rings is 3. The topological polar surface area (TPSA) is 89.7 Å². The van der Waals surface area contributed by atoms with E-state index in [1.807, 2.05) is 38.1 Å². The minimum atomic E-state index is -3.66. The molecule has 1 aromatic heterocycles. The molecule has 186 valence electrons. The summed E-state index contributed by atoms with van der Waals surface area (Å²) in [5.41, 5.74) is 4.64. The van der Waals surface area contributed by atoms with Gasteiger partial charge >= 0.3 is 0 Å². The highest BCUT2D eigenvalue weighted by molar-refractivity contribution is 7.91. The van der Waals surface area contributed by atoms with E-state index in [4.69, 9.17) is 9.73 Å². The van der Waals surface area contributed by atoms with Crippen molar-refractivity contribution in [3.63, 3.8) is 0 Å². The average Bonchev–Trinajstić information content (AvgIpc) is 3.32. The number of ether oxygens (including phenoxy) is 1. The fraction of sp³-hybridized carbons (Fsp3) is 0.296. The summed E-state index contributed by atoms with van der Waals surface area (Å²) in [6.45, 7) is 6.53. The summed E-state index contributed by atoms with van der Waals surface area (Å²) < 4.78 is 33.8.